The predicted molar refractivity (Wildman–Crippen MR) is 124 cm³/mol. The number of nitriles is 1. The van der Waals surface area contributed by atoms with Gasteiger partial charge in [0.25, 0.3) is 5.91 Å². The largest absolute Gasteiger partial charge is 0.346 e. The van der Waals surface area contributed by atoms with E-state index < -0.39 is 0 Å². The van der Waals surface area contributed by atoms with Crippen molar-refractivity contribution in [1.29, 1.82) is 5.26 Å². The van der Waals surface area contributed by atoms with Crippen molar-refractivity contribution in [2.75, 3.05) is 13.1 Å². The SMILES string of the molecule is N#Cc1ccc2c(c1)CCN(CCC1(NC(=O)c3c[nH]c4ncccc34)CCCCC1)C2. The highest BCUT2D eigenvalue weighted by Crippen LogP contribution is 2.33. The first kappa shape index (κ1) is 20.7. The summed E-state index contributed by atoms with van der Waals surface area (Å²) in [5.41, 5.74) is 4.65. The molecule has 0 radical (unpaired) electrons. The van der Waals surface area contributed by atoms with Crippen LogP contribution in [0.1, 0.15) is 65.6 Å². The second-order valence-corrected chi connectivity index (χ2v) is 9.27. The van der Waals surface area contributed by atoms with Gasteiger partial charge in [-0.05, 0) is 61.1 Å². The van der Waals surface area contributed by atoms with Gasteiger partial charge in [-0.2, -0.15) is 5.26 Å². The molecule has 1 aliphatic carbocycles. The van der Waals surface area contributed by atoms with Gasteiger partial charge in [0.15, 0.2) is 0 Å². The number of nitrogens with one attached hydrogen (secondary N) is 2. The number of hydrogen-bond donors (Lipinski definition) is 2. The lowest BCUT2D eigenvalue weighted by atomic mass is 9.78. The molecule has 6 heteroatoms. The second kappa shape index (κ2) is 8.76. The molecule has 164 valence electrons. The highest BCUT2D eigenvalue weighted by atomic mass is 16.1. The van der Waals surface area contributed by atoms with E-state index in [0.717, 1.165) is 74.8 Å². The molecule has 1 aliphatic heterocycles. The molecule has 32 heavy (non-hydrogen) atoms. The van der Waals surface area contributed by atoms with Gasteiger partial charge in [0, 0.05) is 43.0 Å². The minimum Gasteiger partial charge on any atom is -0.346 e. The van der Waals surface area contributed by atoms with Crippen molar-refractivity contribution in [3.05, 3.63) is 65.0 Å². The van der Waals surface area contributed by atoms with E-state index in [-0.39, 0.29) is 11.4 Å². The third-order valence-corrected chi connectivity index (χ3v) is 7.22. The van der Waals surface area contributed by atoms with Crippen molar-refractivity contribution >= 4 is 16.9 Å². The normalized spacial score (nSPS) is 18.1. The van der Waals surface area contributed by atoms with Gasteiger partial charge in [0.2, 0.25) is 0 Å². The first-order valence-corrected chi connectivity index (χ1v) is 11.6. The molecule has 0 bridgehead atoms. The first-order chi connectivity index (χ1) is 15.7. The van der Waals surface area contributed by atoms with Gasteiger partial charge >= 0.3 is 0 Å². The van der Waals surface area contributed by atoms with E-state index in [1.165, 1.54) is 17.5 Å². The summed E-state index contributed by atoms with van der Waals surface area (Å²) in [5, 5.41) is 13.5. The Morgan fingerprint density at radius 1 is 1.22 bits per heavy atom. The number of benzene rings is 1. The van der Waals surface area contributed by atoms with E-state index in [1.807, 2.05) is 24.3 Å². The Bertz CT molecular complexity index is 1170. The Morgan fingerprint density at radius 3 is 2.94 bits per heavy atom. The van der Waals surface area contributed by atoms with Crippen molar-refractivity contribution in [2.24, 2.45) is 0 Å². The third-order valence-electron chi connectivity index (χ3n) is 7.22. The molecule has 1 amide bonds. The smallest absolute Gasteiger partial charge is 0.253 e. The van der Waals surface area contributed by atoms with Crippen LogP contribution in [0, 0.1) is 11.3 Å². The molecule has 1 saturated carbocycles. The summed E-state index contributed by atoms with van der Waals surface area (Å²) in [7, 11) is 0. The zero-order chi connectivity index (χ0) is 22.0. The molecular formula is C26H29N5O. The monoisotopic (exact) mass is 427 g/mol. The van der Waals surface area contributed by atoms with E-state index in [1.54, 1.807) is 12.4 Å². The van der Waals surface area contributed by atoms with Crippen molar-refractivity contribution in [3.8, 4) is 6.07 Å². The van der Waals surface area contributed by atoms with Gasteiger partial charge in [-0.1, -0.05) is 25.3 Å². The van der Waals surface area contributed by atoms with Crippen LogP contribution in [0.15, 0.2) is 42.7 Å². The third kappa shape index (κ3) is 4.13. The van der Waals surface area contributed by atoms with Gasteiger partial charge in [-0.15, -0.1) is 0 Å². The maximum Gasteiger partial charge on any atom is 0.253 e. The van der Waals surface area contributed by atoms with Gasteiger partial charge in [0.1, 0.15) is 5.65 Å². The van der Waals surface area contributed by atoms with Crippen LogP contribution in [0.4, 0.5) is 0 Å². The molecule has 3 aromatic rings. The lowest BCUT2D eigenvalue weighted by molar-refractivity contribution is 0.0842. The molecule has 0 spiro atoms. The van der Waals surface area contributed by atoms with Crippen LogP contribution in [0.5, 0.6) is 0 Å². The van der Waals surface area contributed by atoms with Gasteiger partial charge in [-0.3, -0.25) is 9.69 Å². The molecular weight excluding hydrogens is 398 g/mol. The molecule has 0 atom stereocenters. The number of nitrogens with zero attached hydrogens (tertiary/aromatic N) is 3. The number of pyridine rings is 1. The highest BCUT2D eigenvalue weighted by Gasteiger charge is 2.35. The van der Waals surface area contributed by atoms with Crippen LogP contribution in [0.2, 0.25) is 0 Å². The van der Waals surface area contributed by atoms with Crippen molar-refractivity contribution in [3.63, 3.8) is 0 Å². The lowest BCUT2D eigenvalue weighted by Gasteiger charge is -2.40. The van der Waals surface area contributed by atoms with Crippen LogP contribution < -0.4 is 5.32 Å². The number of carbonyl (C=O) groups excluding carboxylic acids is 1. The van der Waals surface area contributed by atoms with Crippen molar-refractivity contribution in [1.82, 2.24) is 20.2 Å². The Balaban J connectivity index is 1.28. The summed E-state index contributed by atoms with van der Waals surface area (Å²) in [4.78, 5) is 23.2. The van der Waals surface area contributed by atoms with E-state index in [2.05, 4.69) is 32.3 Å². The summed E-state index contributed by atoms with van der Waals surface area (Å²) in [6.45, 7) is 2.88. The molecule has 1 aromatic carbocycles. The maximum absolute atomic E-state index is 13.3. The standard InChI is InChI=1S/C26H29N5O/c27-16-19-6-7-21-18-31(13-8-20(21)15-19)14-11-26(9-2-1-3-10-26)30-25(32)23-17-29-24-22(23)5-4-12-28-24/h4-7,12,15,17H,1-3,8-11,13-14,18H2,(H,28,29)(H,30,32). The summed E-state index contributed by atoms with van der Waals surface area (Å²) in [6.07, 6.45) is 11.1. The zero-order valence-corrected chi connectivity index (χ0v) is 18.4. The number of aromatic amines is 1. The molecule has 2 aliphatic rings. The van der Waals surface area contributed by atoms with E-state index in [0.29, 0.717) is 5.56 Å². The van der Waals surface area contributed by atoms with E-state index >= 15 is 0 Å². The number of hydrogen-bond acceptors (Lipinski definition) is 4. The molecule has 2 N–H and O–H groups in total. The average molecular weight is 428 g/mol. The Labute approximate surface area is 188 Å². The minimum atomic E-state index is -0.147. The predicted octanol–water partition coefficient (Wildman–Crippen LogP) is 4.32. The summed E-state index contributed by atoms with van der Waals surface area (Å²) < 4.78 is 0. The second-order valence-electron chi connectivity index (χ2n) is 9.27. The highest BCUT2D eigenvalue weighted by molar-refractivity contribution is 6.06. The molecule has 2 aromatic heterocycles. The fourth-order valence-electron chi connectivity index (χ4n) is 5.36. The molecule has 5 rings (SSSR count). The van der Waals surface area contributed by atoms with Crippen LogP contribution in [0.3, 0.4) is 0 Å². The lowest BCUT2D eigenvalue weighted by Crippen LogP contribution is -2.51. The zero-order valence-electron chi connectivity index (χ0n) is 18.4. The fraction of sp³-hybridized carbons (Fsp3) is 0.423. The van der Waals surface area contributed by atoms with Crippen LogP contribution >= 0.6 is 0 Å². The van der Waals surface area contributed by atoms with Crippen molar-refractivity contribution in [2.45, 2.75) is 57.0 Å². The Morgan fingerprint density at radius 2 is 2.09 bits per heavy atom. The molecule has 6 nitrogen and oxygen atoms in total. The number of fused-ring (bicyclic) bond motifs is 2. The molecule has 1 fully saturated rings. The topological polar surface area (TPSA) is 84.8 Å². The first-order valence-electron chi connectivity index (χ1n) is 11.6. The maximum atomic E-state index is 13.3. The van der Waals surface area contributed by atoms with Gasteiger partial charge < -0.3 is 10.3 Å². The Hall–Kier alpha value is -3.17. The molecule has 0 saturated heterocycles. The number of amides is 1. The van der Waals surface area contributed by atoms with Crippen LogP contribution in [-0.2, 0) is 13.0 Å². The summed E-state index contributed by atoms with van der Waals surface area (Å²) in [6, 6.07) is 12.1. The molecule has 3 heterocycles. The average Bonchev–Trinajstić information content (AvgIpc) is 3.27. The number of aromatic nitrogens is 2. The van der Waals surface area contributed by atoms with Crippen LogP contribution in [0.25, 0.3) is 11.0 Å². The number of rotatable bonds is 5. The molecule has 0 unspecified atom stereocenters. The van der Waals surface area contributed by atoms with E-state index in [4.69, 9.17) is 5.26 Å². The number of H-pyrrole nitrogens is 1. The van der Waals surface area contributed by atoms with Gasteiger partial charge in [0.05, 0.1) is 17.2 Å². The Kier molecular flexibility index (Phi) is 5.67. The minimum absolute atomic E-state index is 0.000766. The van der Waals surface area contributed by atoms with Gasteiger partial charge in [-0.25, -0.2) is 4.98 Å². The summed E-state index contributed by atoms with van der Waals surface area (Å²) in [5.74, 6) is -0.000766. The fourth-order valence-corrected chi connectivity index (χ4v) is 5.36. The van der Waals surface area contributed by atoms with Crippen molar-refractivity contribution < 1.29 is 4.79 Å². The van der Waals surface area contributed by atoms with Crippen LogP contribution in [-0.4, -0.2) is 39.4 Å². The summed E-state index contributed by atoms with van der Waals surface area (Å²) >= 11 is 0. The number of carbonyl (C=O) groups is 1. The van der Waals surface area contributed by atoms with E-state index in [9.17, 15) is 4.79 Å². The quantitative estimate of drug-likeness (QED) is 0.635.